The van der Waals surface area contributed by atoms with Gasteiger partial charge in [0.2, 0.25) is 0 Å². The van der Waals surface area contributed by atoms with Gasteiger partial charge in [0.05, 0.1) is 16.7 Å². The maximum atomic E-state index is 6.51. The summed E-state index contributed by atoms with van der Waals surface area (Å²) in [5.74, 6) is 0. The monoisotopic (exact) mass is 804 g/mol. The second-order valence-corrected chi connectivity index (χ2v) is 16.1. The van der Waals surface area contributed by atoms with E-state index in [1.54, 1.807) is 0 Å². The van der Waals surface area contributed by atoms with Crippen LogP contribution < -0.4 is 4.90 Å². The molecule has 10 aromatic carbocycles. The molecule has 12 aromatic rings. The van der Waals surface area contributed by atoms with Crippen molar-refractivity contribution in [3.8, 4) is 50.2 Å². The van der Waals surface area contributed by atoms with Gasteiger partial charge in [0, 0.05) is 49.7 Å². The zero-order valence-corrected chi connectivity index (χ0v) is 34.4. The summed E-state index contributed by atoms with van der Waals surface area (Å²) in [6.45, 7) is 0. The Morgan fingerprint density at radius 1 is 0.302 bits per heavy atom. The lowest BCUT2D eigenvalue weighted by molar-refractivity contribution is 0.670. The smallest absolute Gasteiger partial charge is 0.143 e. The van der Waals surface area contributed by atoms with Crippen LogP contribution in [0.15, 0.2) is 247 Å². The van der Waals surface area contributed by atoms with E-state index in [1.165, 1.54) is 32.9 Å². The van der Waals surface area contributed by atoms with Gasteiger partial charge in [0.15, 0.2) is 0 Å². The van der Waals surface area contributed by atoms with Gasteiger partial charge in [-0.1, -0.05) is 182 Å². The van der Waals surface area contributed by atoms with E-state index in [-0.39, 0.29) is 0 Å². The third kappa shape index (κ3) is 6.29. The zero-order valence-electron chi connectivity index (χ0n) is 34.4. The third-order valence-corrected chi connectivity index (χ3v) is 12.4. The van der Waals surface area contributed by atoms with Crippen molar-refractivity contribution in [2.24, 2.45) is 0 Å². The van der Waals surface area contributed by atoms with E-state index >= 15 is 0 Å². The van der Waals surface area contributed by atoms with E-state index in [0.717, 1.165) is 78.1 Å². The Morgan fingerprint density at radius 2 is 0.810 bits per heavy atom. The van der Waals surface area contributed by atoms with Crippen LogP contribution in [0.25, 0.3) is 93.9 Å². The largest absolute Gasteiger partial charge is 0.455 e. The SMILES string of the molecule is c1ccc(-c2ccc(N(c3ccc(-c4ccccc4-c4cccc5c4oc4ccccc45)cc3)c3cccc(-c4ccccc4-n4c5ccccc5c5ccccc54)c3)cc2)cc1. The van der Waals surface area contributed by atoms with E-state index in [2.05, 4.69) is 240 Å². The molecule has 0 aliphatic rings. The van der Waals surface area contributed by atoms with E-state index < -0.39 is 0 Å². The number of benzene rings is 10. The first kappa shape index (κ1) is 36.5. The number of hydrogen-bond acceptors (Lipinski definition) is 2. The predicted molar refractivity (Wildman–Crippen MR) is 264 cm³/mol. The Kier molecular flexibility index (Phi) is 8.83. The van der Waals surface area contributed by atoms with Gasteiger partial charge in [-0.2, -0.15) is 0 Å². The lowest BCUT2D eigenvalue weighted by Gasteiger charge is -2.27. The van der Waals surface area contributed by atoms with Crippen molar-refractivity contribution in [1.29, 1.82) is 0 Å². The molecule has 3 nitrogen and oxygen atoms in total. The average Bonchev–Trinajstić information content (AvgIpc) is 3.91. The van der Waals surface area contributed by atoms with Gasteiger partial charge in [-0.3, -0.25) is 0 Å². The van der Waals surface area contributed by atoms with Gasteiger partial charge in [-0.25, -0.2) is 0 Å². The highest BCUT2D eigenvalue weighted by Crippen LogP contribution is 2.43. The van der Waals surface area contributed by atoms with Crippen LogP contribution in [-0.2, 0) is 0 Å². The van der Waals surface area contributed by atoms with Crippen LogP contribution in [0.3, 0.4) is 0 Å². The topological polar surface area (TPSA) is 21.3 Å². The van der Waals surface area contributed by atoms with Crippen LogP contribution in [-0.4, -0.2) is 4.57 Å². The number of para-hydroxylation sites is 5. The molecule has 0 saturated carbocycles. The molecule has 63 heavy (non-hydrogen) atoms. The molecule has 0 spiro atoms. The van der Waals surface area contributed by atoms with Crippen LogP contribution in [0.2, 0.25) is 0 Å². The quantitative estimate of drug-likeness (QED) is 0.153. The molecule has 0 aliphatic heterocycles. The highest BCUT2D eigenvalue weighted by atomic mass is 16.3. The van der Waals surface area contributed by atoms with Gasteiger partial charge in [-0.05, 0) is 94.0 Å². The Balaban J connectivity index is 0.976. The van der Waals surface area contributed by atoms with Crippen molar-refractivity contribution in [1.82, 2.24) is 4.57 Å². The number of furan rings is 1. The number of anilines is 3. The summed E-state index contributed by atoms with van der Waals surface area (Å²) >= 11 is 0. The Bertz CT molecular complexity index is 3560. The van der Waals surface area contributed by atoms with Crippen molar-refractivity contribution >= 4 is 60.8 Å². The van der Waals surface area contributed by atoms with Crippen LogP contribution in [0.1, 0.15) is 0 Å². The van der Waals surface area contributed by atoms with Crippen molar-refractivity contribution in [3.63, 3.8) is 0 Å². The first-order valence-corrected chi connectivity index (χ1v) is 21.5. The molecule has 0 fully saturated rings. The molecule has 296 valence electrons. The fourth-order valence-electron chi connectivity index (χ4n) is 9.51. The minimum Gasteiger partial charge on any atom is -0.455 e. The maximum absolute atomic E-state index is 6.51. The number of fused-ring (bicyclic) bond motifs is 6. The van der Waals surface area contributed by atoms with Crippen molar-refractivity contribution in [2.75, 3.05) is 4.90 Å². The second-order valence-electron chi connectivity index (χ2n) is 16.1. The highest BCUT2D eigenvalue weighted by molar-refractivity contribution is 6.11. The summed E-state index contributed by atoms with van der Waals surface area (Å²) in [6.07, 6.45) is 0. The molecule has 2 aromatic heterocycles. The Morgan fingerprint density at radius 3 is 1.54 bits per heavy atom. The molecule has 0 unspecified atom stereocenters. The molecule has 3 heteroatoms. The van der Waals surface area contributed by atoms with Gasteiger partial charge in [0.25, 0.3) is 0 Å². The lowest BCUT2D eigenvalue weighted by atomic mass is 9.93. The minimum atomic E-state index is 0.901. The number of nitrogens with zero attached hydrogens (tertiary/aromatic N) is 2. The van der Waals surface area contributed by atoms with Gasteiger partial charge >= 0.3 is 0 Å². The molecule has 0 bridgehead atoms. The van der Waals surface area contributed by atoms with E-state index in [0.29, 0.717) is 0 Å². The average molecular weight is 805 g/mol. The van der Waals surface area contributed by atoms with Crippen molar-refractivity contribution in [3.05, 3.63) is 243 Å². The molecule has 12 rings (SSSR count). The fraction of sp³-hybridized carbons (Fsp3) is 0. The van der Waals surface area contributed by atoms with Gasteiger partial charge < -0.3 is 13.9 Å². The van der Waals surface area contributed by atoms with E-state index in [4.69, 9.17) is 4.42 Å². The fourth-order valence-corrected chi connectivity index (χ4v) is 9.51. The van der Waals surface area contributed by atoms with Crippen LogP contribution >= 0.6 is 0 Å². The number of hydrogen-bond donors (Lipinski definition) is 0. The van der Waals surface area contributed by atoms with E-state index in [1.807, 2.05) is 12.1 Å². The van der Waals surface area contributed by atoms with Gasteiger partial charge in [0.1, 0.15) is 11.2 Å². The maximum Gasteiger partial charge on any atom is 0.143 e. The van der Waals surface area contributed by atoms with Gasteiger partial charge in [-0.15, -0.1) is 0 Å². The molecule has 0 radical (unpaired) electrons. The third-order valence-electron chi connectivity index (χ3n) is 12.4. The van der Waals surface area contributed by atoms with Crippen LogP contribution in [0.4, 0.5) is 17.1 Å². The van der Waals surface area contributed by atoms with Crippen molar-refractivity contribution < 1.29 is 4.42 Å². The first-order chi connectivity index (χ1) is 31.3. The first-order valence-electron chi connectivity index (χ1n) is 21.5. The van der Waals surface area contributed by atoms with Crippen molar-refractivity contribution in [2.45, 2.75) is 0 Å². The summed E-state index contributed by atoms with van der Waals surface area (Å²) < 4.78 is 8.93. The molecule has 0 amide bonds. The standard InChI is InChI=1S/C60H40N2O/c1-2-16-41(17-3-1)42-32-36-45(37-33-42)61(46-38-34-43(35-39-46)48-20-4-5-22-50(48)54-26-15-27-55-53-25-9-13-31-59(53)63-60(54)55)47-19-14-18-44(40-47)49-21-6-10-28-56(49)62-57-29-11-7-23-51(57)52-24-8-12-30-58(52)62/h1-40H. The zero-order chi connectivity index (χ0) is 41.7. The number of rotatable bonds is 8. The normalized spacial score (nSPS) is 11.5. The van der Waals surface area contributed by atoms with Crippen LogP contribution in [0, 0.1) is 0 Å². The summed E-state index contributed by atoms with van der Waals surface area (Å²) in [6, 6.07) is 87.0. The predicted octanol–water partition coefficient (Wildman–Crippen LogP) is 16.8. The molecule has 2 heterocycles. The van der Waals surface area contributed by atoms with E-state index in [9.17, 15) is 0 Å². The Hall–Kier alpha value is -8.40. The summed E-state index contributed by atoms with van der Waals surface area (Å²) in [4.78, 5) is 2.37. The molecule has 0 N–H and O–H groups in total. The molecule has 0 saturated heterocycles. The molecule has 0 aliphatic carbocycles. The summed E-state index contributed by atoms with van der Waals surface area (Å²) in [7, 11) is 0. The lowest BCUT2D eigenvalue weighted by Crippen LogP contribution is -2.10. The summed E-state index contributed by atoms with van der Waals surface area (Å²) in [5.41, 5.74) is 17.7. The summed E-state index contributed by atoms with van der Waals surface area (Å²) in [5, 5.41) is 4.76. The number of aromatic nitrogens is 1. The Labute approximate surface area is 366 Å². The molecular formula is C60H40N2O. The van der Waals surface area contributed by atoms with Crippen LogP contribution in [0.5, 0.6) is 0 Å². The highest BCUT2D eigenvalue weighted by Gasteiger charge is 2.19. The minimum absolute atomic E-state index is 0.901. The second kappa shape index (κ2) is 15.3. The molecular weight excluding hydrogens is 765 g/mol. The molecule has 0 atom stereocenters.